The second-order valence-electron chi connectivity index (χ2n) is 4.72. The first kappa shape index (κ1) is 9.47. The molecule has 1 atom stereocenters. The largest absolute Gasteiger partial charge is 0.317 e. The van der Waals surface area contributed by atoms with Gasteiger partial charge in [-0.3, -0.25) is 0 Å². The Bertz CT molecular complexity index is 146. The van der Waals surface area contributed by atoms with E-state index >= 15 is 0 Å². The molecular weight excluding hydrogens is 160 g/mol. The summed E-state index contributed by atoms with van der Waals surface area (Å²) in [6, 6.07) is 0.857. The zero-order valence-electron chi connectivity index (χ0n) is 8.76. The van der Waals surface area contributed by atoms with Crippen LogP contribution in [0, 0.1) is 5.92 Å². The molecule has 1 aliphatic carbocycles. The molecule has 2 aliphatic rings. The number of hydrogen-bond acceptors (Lipinski definition) is 2. The molecule has 1 aliphatic heterocycles. The fourth-order valence-electron chi connectivity index (χ4n) is 2.30. The third-order valence-electron chi connectivity index (χ3n) is 3.41. The van der Waals surface area contributed by atoms with Crippen molar-refractivity contribution in [2.24, 2.45) is 5.92 Å². The van der Waals surface area contributed by atoms with Gasteiger partial charge in [0.05, 0.1) is 0 Å². The van der Waals surface area contributed by atoms with Crippen LogP contribution in [0.1, 0.15) is 32.1 Å². The first-order chi connectivity index (χ1) is 6.36. The lowest BCUT2D eigenvalue weighted by atomic mass is 10.1. The second kappa shape index (κ2) is 4.43. The minimum Gasteiger partial charge on any atom is -0.317 e. The molecule has 2 nitrogen and oxygen atoms in total. The molecule has 2 fully saturated rings. The standard InChI is InChI=1S/C11H22N2/c1-13(9-10-4-5-10)11-3-2-7-12-8-6-11/h10-12H,2-9H2,1H3/t11-/m1/s1. The van der Waals surface area contributed by atoms with Crippen molar-refractivity contribution in [2.45, 2.75) is 38.1 Å². The molecule has 0 amide bonds. The first-order valence-electron chi connectivity index (χ1n) is 5.77. The van der Waals surface area contributed by atoms with Crippen molar-refractivity contribution in [3.8, 4) is 0 Å². The Balaban J connectivity index is 1.74. The SMILES string of the molecule is CN(CC1CC1)[C@@H]1CCCNCC1. The lowest BCUT2D eigenvalue weighted by Crippen LogP contribution is -2.33. The van der Waals surface area contributed by atoms with Crippen LogP contribution in [0.25, 0.3) is 0 Å². The lowest BCUT2D eigenvalue weighted by molar-refractivity contribution is 0.216. The van der Waals surface area contributed by atoms with E-state index in [1.807, 2.05) is 0 Å². The fraction of sp³-hybridized carbons (Fsp3) is 1.00. The van der Waals surface area contributed by atoms with E-state index in [0.29, 0.717) is 0 Å². The van der Waals surface area contributed by atoms with E-state index in [1.165, 1.54) is 51.7 Å². The summed E-state index contributed by atoms with van der Waals surface area (Å²) in [5.41, 5.74) is 0. The van der Waals surface area contributed by atoms with Crippen LogP contribution in [0.5, 0.6) is 0 Å². The zero-order chi connectivity index (χ0) is 9.10. The molecule has 0 aromatic carbocycles. The van der Waals surface area contributed by atoms with Crippen molar-refractivity contribution in [3.05, 3.63) is 0 Å². The number of nitrogens with one attached hydrogen (secondary N) is 1. The molecular formula is C11H22N2. The maximum atomic E-state index is 3.47. The van der Waals surface area contributed by atoms with Crippen LogP contribution in [0.3, 0.4) is 0 Å². The summed E-state index contributed by atoms with van der Waals surface area (Å²) >= 11 is 0. The molecule has 76 valence electrons. The molecule has 0 radical (unpaired) electrons. The Hall–Kier alpha value is -0.0800. The molecule has 0 bridgehead atoms. The van der Waals surface area contributed by atoms with E-state index in [0.717, 1.165) is 12.0 Å². The summed E-state index contributed by atoms with van der Waals surface area (Å²) in [6.07, 6.45) is 7.07. The summed E-state index contributed by atoms with van der Waals surface area (Å²) in [5.74, 6) is 1.04. The molecule has 0 spiro atoms. The van der Waals surface area contributed by atoms with Gasteiger partial charge in [-0.05, 0) is 58.2 Å². The van der Waals surface area contributed by atoms with Crippen molar-refractivity contribution in [1.29, 1.82) is 0 Å². The topological polar surface area (TPSA) is 15.3 Å². The number of nitrogens with zero attached hydrogens (tertiary/aromatic N) is 1. The van der Waals surface area contributed by atoms with Crippen molar-refractivity contribution in [3.63, 3.8) is 0 Å². The van der Waals surface area contributed by atoms with Gasteiger partial charge in [-0.15, -0.1) is 0 Å². The van der Waals surface area contributed by atoms with E-state index in [2.05, 4.69) is 17.3 Å². The number of rotatable bonds is 3. The Morgan fingerprint density at radius 2 is 2.00 bits per heavy atom. The molecule has 2 heteroatoms. The van der Waals surface area contributed by atoms with Gasteiger partial charge >= 0.3 is 0 Å². The minimum atomic E-state index is 0.857. The summed E-state index contributed by atoms with van der Waals surface area (Å²) < 4.78 is 0. The van der Waals surface area contributed by atoms with Crippen LogP contribution >= 0.6 is 0 Å². The summed E-state index contributed by atoms with van der Waals surface area (Å²) in [4.78, 5) is 2.60. The van der Waals surface area contributed by atoms with Crippen LogP contribution in [0.15, 0.2) is 0 Å². The van der Waals surface area contributed by atoms with Gasteiger partial charge in [-0.25, -0.2) is 0 Å². The summed E-state index contributed by atoms with van der Waals surface area (Å²) in [5, 5.41) is 3.47. The smallest absolute Gasteiger partial charge is 0.0105 e. The Morgan fingerprint density at radius 3 is 2.77 bits per heavy atom. The highest BCUT2D eigenvalue weighted by atomic mass is 15.1. The highest BCUT2D eigenvalue weighted by molar-refractivity contribution is 4.80. The van der Waals surface area contributed by atoms with Crippen LogP contribution in [-0.4, -0.2) is 37.6 Å². The van der Waals surface area contributed by atoms with Gasteiger partial charge in [0.1, 0.15) is 0 Å². The average Bonchev–Trinajstić information content (AvgIpc) is 2.87. The van der Waals surface area contributed by atoms with Crippen LogP contribution in [0.2, 0.25) is 0 Å². The van der Waals surface area contributed by atoms with Crippen molar-refractivity contribution >= 4 is 0 Å². The molecule has 0 aromatic heterocycles. The molecule has 1 saturated heterocycles. The van der Waals surface area contributed by atoms with Gasteiger partial charge in [0, 0.05) is 12.6 Å². The Labute approximate surface area is 81.7 Å². The fourth-order valence-corrected chi connectivity index (χ4v) is 2.30. The maximum Gasteiger partial charge on any atom is 0.0105 e. The minimum absolute atomic E-state index is 0.857. The maximum absolute atomic E-state index is 3.47. The van der Waals surface area contributed by atoms with E-state index in [1.54, 1.807) is 0 Å². The quantitative estimate of drug-likeness (QED) is 0.711. The highest BCUT2D eigenvalue weighted by Gasteiger charge is 2.26. The molecule has 1 N–H and O–H groups in total. The van der Waals surface area contributed by atoms with Gasteiger partial charge in [0.15, 0.2) is 0 Å². The first-order valence-corrected chi connectivity index (χ1v) is 5.77. The Morgan fingerprint density at radius 1 is 1.15 bits per heavy atom. The van der Waals surface area contributed by atoms with E-state index in [-0.39, 0.29) is 0 Å². The van der Waals surface area contributed by atoms with E-state index < -0.39 is 0 Å². The van der Waals surface area contributed by atoms with Crippen LogP contribution in [-0.2, 0) is 0 Å². The molecule has 0 aromatic rings. The van der Waals surface area contributed by atoms with Gasteiger partial charge < -0.3 is 10.2 Å². The molecule has 1 saturated carbocycles. The second-order valence-corrected chi connectivity index (χ2v) is 4.72. The number of hydrogen-bond donors (Lipinski definition) is 1. The molecule has 2 rings (SSSR count). The van der Waals surface area contributed by atoms with Crippen LogP contribution in [0.4, 0.5) is 0 Å². The Kier molecular flexibility index (Phi) is 3.23. The monoisotopic (exact) mass is 182 g/mol. The van der Waals surface area contributed by atoms with E-state index in [4.69, 9.17) is 0 Å². The highest BCUT2D eigenvalue weighted by Crippen LogP contribution is 2.30. The van der Waals surface area contributed by atoms with Gasteiger partial charge in [0.2, 0.25) is 0 Å². The third kappa shape index (κ3) is 2.96. The average molecular weight is 182 g/mol. The molecule has 0 unspecified atom stereocenters. The van der Waals surface area contributed by atoms with Crippen LogP contribution < -0.4 is 5.32 Å². The van der Waals surface area contributed by atoms with Gasteiger partial charge in [0.25, 0.3) is 0 Å². The predicted molar refractivity (Wildman–Crippen MR) is 55.9 cm³/mol. The lowest BCUT2D eigenvalue weighted by Gasteiger charge is -2.26. The predicted octanol–water partition coefficient (Wildman–Crippen LogP) is 1.47. The third-order valence-corrected chi connectivity index (χ3v) is 3.41. The molecule has 1 heterocycles. The van der Waals surface area contributed by atoms with Gasteiger partial charge in [-0.1, -0.05) is 0 Å². The molecule has 13 heavy (non-hydrogen) atoms. The van der Waals surface area contributed by atoms with Crippen molar-refractivity contribution < 1.29 is 0 Å². The van der Waals surface area contributed by atoms with E-state index in [9.17, 15) is 0 Å². The summed E-state index contributed by atoms with van der Waals surface area (Å²) in [7, 11) is 2.31. The normalized spacial score (nSPS) is 30.5. The van der Waals surface area contributed by atoms with Crippen molar-refractivity contribution in [1.82, 2.24) is 10.2 Å². The zero-order valence-corrected chi connectivity index (χ0v) is 8.76. The van der Waals surface area contributed by atoms with Crippen molar-refractivity contribution in [2.75, 3.05) is 26.7 Å². The summed E-state index contributed by atoms with van der Waals surface area (Å²) in [6.45, 7) is 3.80. The van der Waals surface area contributed by atoms with Gasteiger partial charge in [-0.2, -0.15) is 0 Å².